The topological polar surface area (TPSA) is 84.0 Å². The summed E-state index contributed by atoms with van der Waals surface area (Å²) in [6, 6.07) is 20.4. The molecule has 0 aliphatic carbocycles. The van der Waals surface area contributed by atoms with E-state index in [2.05, 4.69) is 0 Å². The molecule has 1 fully saturated rings. The first-order chi connectivity index (χ1) is 16.3. The average molecular weight is 499 g/mol. The molecule has 1 aliphatic heterocycles. The molecule has 0 N–H and O–H groups in total. The number of ether oxygens (including phenoxy) is 1. The zero-order valence-corrected chi connectivity index (χ0v) is 20.0. The maximum absolute atomic E-state index is 13.7. The number of methoxy groups -OCH3 is 1. The molecule has 1 saturated heterocycles. The van der Waals surface area contributed by atoms with Crippen molar-refractivity contribution in [2.75, 3.05) is 18.6 Å². The van der Waals surface area contributed by atoms with Gasteiger partial charge < -0.3 is 4.74 Å². The fourth-order valence-corrected chi connectivity index (χ4v) is 5.74. The van der Waals surface area contributed by atoms with Crippen LogP contribution in [0.1, 0.15) is 12.0 Å². The van der Waals surface area contributed by atoms with Crippen molar-refractivity contribution in [1.29, 1.82) is 0 Å². The third kappa shape index (κ3) is 4.84. The third-order valence-electron chi connectivity index (χ3n) is 5.66. The first kappa shape index (κ1) is 23.9. The number of carbonyl (C=O) groups excluding carboxylic acids is 2. The normalized spacial score (nSPS) is 16.3. The fraction of sp³-hybridized carbons (Fsp3) is 0.200. The number of hydrogen-bond acceptors (Lipinski definition) is 5. The van der Waals surface area contributed by atoms with Gasteiger partial charge in [0.1, 0.15) is 11.8 Å². The Kier molecular flexibility index (Phi) is 7.02. The average Bonchev–Trinajstić information content (AvgIpc) is 3.13. The number of halogens is 1. The van der Waals surface area contributed by atoms with E-state index < -0.39 is 27.9 Å². The lowest BCUT2D eigenvalue weighted by Crippen LogP contribution is -2.46. The highest BCUT2D eigenvalue weighted by Crippen LogP contribution is 2.30. The molecule has 34 heavy (non-hydrogen) atoms. The Morgan fingerprint density at radius 1 is 1.00 bits per heavy atom. The molecule has 3 aromatic carbocycles. The molecule has 1 heterocycles. The van der Waals surface area contributed by atoms with E-state index >= 15 is 0 Å². The monoisotopic (exact) mass is 498 g/mol. The smallest absolute Gasteiger partial charge is 0.252 e. The maximum Gasteiger partial charge on any atom is 0.252 e. The number of benzene rings is 3. The Morgan fingerprint density at radius 2 is 1.71 bits per heavy atom. The van der Waals surface area contributed by atoms with Crippen LogP contribution in [0.4, 0.5) is 5.69 Å². The maximum atomic E-state index is 13.7. The van der Waals surface area contributed by atoms with E-state index in [0.717, 1.165) is 14.8 Å². The van der Waals surface area contributed by atoms with Crippen LogP contribution in [-0.2, 0) is 26.0 Å². The number of anilines is 1. The predicted molar refractivity (Wildman–Crippen MR) is 129 cm³/mol. The highest BCUT2D eigenvalue weighted by molar-refractivity contribution is 7.89. The van der Waals surface area contributed by atoms with Gasteiger partial charge in [-0.25, -0.2) is 13.3 Å². The Morgan fingerprint density at radius 3 is 2.35 bits per heavy atom. The van der Waals surface area contributed by atoms with E-state index in [9.17, 15) is 18.0 Å². The second kappa shape index (κ2) is 9.97. The Bertz CT molecular complexity index is 1300. The van der Waals surface area contributed by atoms with Gasteiger partial charge in [-0.15, -0.1) is 0 Å². The standard InChI is InChI=1S/C25H23ClN2O5S/c1-33-21-10-12-22(13-11-21)34(31,32)27(15-14-18-6-5-7-19(26)16-18)23-17-24(29)28(25(23)30)20-8-3-2-4-9-20/h2-13,16,23H,14-15,17H2,1H3. The van der Waals surface area contributed by atoms with Crippen molar-refractivity contribution in [2.45, 2.75) is 23.8 Å². The minimum atomic E-state index is -4.11. The van der Waals surface area contributed by atoms with Gasteiger partial charge in [0.05, 0.1) is 24.1 Å². The second-order valence-electron chi connectivity index (χ2n) is 7.79. The summed E-state index contributed by atoms with van der Waals surface area (Å²) in [6.07, 6.45) is 0.0813. The first-order valence-corrected chi connectivity index (χ1v) is 12.5. The molecule has 1 unspecified atom stereocenters. The van der Waals surface area contributed by atoms with Crippen LogP contribution in [0.3, 0.4) is 0 Å². The highest BCUT2D eigenvalue weighted by atomic mass is 35.5. The number of carbonyl (C=O) groups is 2. The summed E-state index contributed by atoms with van der Waals surface area (Å²) in [5.41, 5.74) is 1.23. The molecule has 176 valence electrons. The van der Waals surface area contributed by atoms with E-state index in [4.69, 9.17) is 16.3 Å². The molecule has 0 radical (unpaired) electrons. The summed E-state index contributed by atoms with van der Waals surface area (Å²) in [6.45, 7) is 0.00101. The van der Waals surface area contributed by atoms with Crippen molar-refractivity contribution in [3.63, 3.8) is 0 Å². The molecule has 2 amide bonds. The number of amides is 2. The summed E-state index contributed by atoms with van der Waals surface area (Å²) in [5, 5.41) is 0.532. The number of nitrogens with zero attached hydrogens (tertiary/aromatic N) is 2. The van der Waals surface area contributed by atoms with Crippen LogP contribution in [-0.4, -0.2) is 44.2 Å². The first-order valence-electron chi connectivity index (χ1n) is 10.6. The van der Waals surface area contributed by atoms with Crippen LogP contribution >= 0.6 is 11.6 Å². The second-order valence-corrected chi connectivity index (χ2v) is 10.1. The summed E-state index contributed by atoms with van der Waals surface area (Å²) >= 11 is 6.08. The van der Waals surface area contributed by atoms with E-state index in [0.29, 0.717) is 22.9 Å². The number of imide groups is 1. The van der Waals surface area contributed by atoms with Crippen LogP contribution in [0.5, 0.6) is 5.75 Å². The lowest BCUT2D eigenvalue weighted by Gasteiger charge is -2.27. The van der Waals surface area contributed by atoms with Crippen molar-refractivity contribution in [3.05, 3.63) is 89.4 Å². The quantitative estimate of drug-likeness (QED) is 0.440. The van der Waals surface area contributed by atoms with Crippen molar-refractivity contribution >= 4 is 39.1 Å². The van der Waals surface area contributed by atoms with Crippen LogP contribution < -0.4 is 9.64 Å². The van der Waals surface area contributed by atoms with Crippen molar-refractivity contribution < 1.29 is 22.7 Å². The molecule has 0 aromatic heterocycles. The van der Waals surface area contributed by atoms with Gasteiger partial charge in [0.2, 0.25) is 15.9 Å². The largest absolute Gasteiger partial charge is 0.497 e. The fourth-order valence-electron chi connectivity index (χ4n) is 3.95. The van der Waals surface area contributed by atoms with Crippen LogP contribution in [0.25, 0.3) is 0 Å². The van der Waals surface area contributed by atoms with Gasteiger partial charge in [-0.05, 0) is 60.5 Å². The molecule has 9 heteroatoms. The van der Waals surface area contributed by atoms with Crippen LogP contribution in [0.2, 0.25) is 5.02 Å². The predicted octanol–water partition coefficient (Wildman–Crippen LogP) is 3.91. The van der Waals surface area contributed by atoms with E-state index in [1.807, 2.05) is 6.07 Å². The lowest BCUT2D eigenvalue weighted by atomic mass is 10.1. The Labute approximate surface area is 203 Å². The number of sulfonamides is 1. The molecule has 0 saturated carbocycles. The molecule has 1 atom stereocenters. The van der Waals surface area contributed by atoms with Gasteiger partial charge in [-0.2, -0.15) is 4.31 Å². The van der Waals surface area contributed by atoms with Gasteiger partial charge in [0, 0.05) is 11.6 Å². The van der Waals surface area contributed by atoms with Crippen molar-refractivity contribution in [3.8, 4) is 5.75 Å². The molecule has 7 nitrogen and oxygen atoms in total. The van der Waals surface area contributed by atoms with Crippen LogP contribution in [0.15, 0.2) is 83.8 Å². The molecule has 0 spiro atoms. The molecule has 3 aromatic rings. The number of rotatable bonds is 8. The molecular weight excluding hydrogens is 476 g/mol. The van der Waals surface area contributed by atoms with Crippen LogP contribution in [0, 0.1) is 0 Å². The van der Waals surface area contributed by atoms with Crippen molar-refractivity contribution in [1.82, 2.24) is 4.31 Å². The summed E-state index contributed by atoms with van der Waals surface area (Å²) in [7, 11) is -2.62. The molecular formula is C25H23ClN2O5S. The van der Waals surface area contributed by atoms with Gasteiger partial charge in [-0.3, -0.25) is 9.59 Å². The number of para-hydroxylation sites is 1. The van der Waals surface area contributed by atoms with E-state index in [1.54, 1.807) is 60.7 Å². The van der Waals surface area contributed by atoms with Gasteiger partial charge in [0.15, 0.2) is 0 Å². The summed E-state index contributed by atoms with van der Waals surface area (Å²) in [5.74, 6) is -0.509. The minimum absolute atomic E-state index is 0.00101. The molecule has 1 aliphatic rings. The molecule has 4 rings (SSSR count). The summed E-state index contributed by atoms with van der Waals surface area (Å²) < 4.78 is 33.6. The zero-order valence-electron chi connectivity index (χ0n) is 18.4. The third-order valence-corrected chi connectivity index (χ3v) is 7.82. The zero-order chi connectivity index (χ0) is 24.3. The van der Waals surface area contributed by atoms with Gasteiger partial charge >= 0.3 is 0 Å². The highest BCUT2D eigenvalue weighted by Gasteiger charge is 2.46. The minimum Gasteiger partial charge on any atom is -0.497 e. The van der Waals surface area contributed by atoms with E-state index in [-0.39, 0.29) is 17.9 Å². The van der Waals surface area contributed by atoms with Gasteiger partial charge in [-0.1, -0.05) is 41.9 Å². The van der Waals surface area contributed by atoms with Crippen molar-refractivity contribution in [2.24, 2.45) is 0 Å². The lowest BCUT2D eigenvalue weighted by molar-refractivity contribution is -0.122. The SMILES string of the molecule is COc1ccc(S(=O)(=O)N(CCc2cccc(Cl)c2)C2CC(=O)N(c3ccccc3)C2=O)cc1. The Hall–Kier alpha value is -3.20. The Balaban J connectivity index is 1.69. The summed E-state index contributed by atoms with van der Waals surface area (Å²) in [4.78, 5) is 27.2. The van der Waals surface area contributed by atoms with E-state index in [1.165, 1.54) is 19.2 Å². The number of hydrogen-bond donors (Lipinski definition) is 0. The molecule has 0 bridgehead atoms. The van der Waals surface area contributed by atoms with Gasteiger partial charge in [0.25, 0.3) is 5.91 Å².